The highest BCUT2D eigenvalue weighted by atomic mass is 16.5. The van der Waals surface area contributed by atoms with Crippen molar-refractivity contribution in [2.24, 2.45) is 11.0 Å². The standard InChI is InChI=1S/C9H20N3O/c1-9(2)8-10-11-4-6-12(3,13)7-5-11/h8-9,13H,4-7H2,1-3H3/q+1/b10-8+. The normalized spacial score (nSPS) is 23.0. The van der Waals surface area contributed by atoms with Gasteiger partial charge in [0, 0.05) is 6.21 Å². The molecule has 0 spiro atoms. The van der Waals surface area contributed by atoms with Gasteiger partial charge >= 0.3 is 0 Å². The van der Waals surface area contributed by atoms with Crippen LogP contribution in [0.25, 0.3) is 0 Å². The molecule has 0 amide bonds. The molecule has 1 aliphatic heterocycles. The summed E-state index contributed by atoms with van der Waals surface area (Å²) >= 11 is 0. The van der Waals surface area contributed by atoms with E-state index in [1.165, 1.54) is 0 Å². The molecule has 0 saturated carbocycles. The van der Waals surface area contributed by atoms with Crippen molar-refractivity contribution in [3.8, 4) is 0 Å². The lowest BCUT2D eigenvalue weighted by Crippen LogP contribution is -2.53. The van der Waals surface area contributed by atoms with Crippen molar-refractivity contribution < 1.29 is 9.85 Å². The molecule has 1 fully saturated rings. The maximum Gasteiger partial charge on any atom is 0.128 e. The molecule has 1 rings (SSSR count). The quantitative estimate of drug-likeness (QED) is 0.511. The first-order valence-corrected chi connectivity index (χ1v) is 4.86. The molecule has 1 saturated heterocycles. The van der Waals surface area contributed by atoms with Crippen molar-refractivity contribution in [3.05, 3.63) is 0 Å². The zero-order chi connectivity index (χ0) is 9.90. The van der Waals surface area contributed by atoms with Gasteiger partial charge in [-0.25, -0.2) is 5.21 Å². The van der Waals surface area contributed by atoms with Crippen LogP contribution in [0.1, 0.15) is 13.8 Å². The second-order valence-electron chi connectivity index (χ2n) is 4.25. The fraction of sp³-hybridized carbons (Fsp3) is 0.889. The smallest absolute Gasteiger partial charge is 0.128 e. The second kappa shape index (κ2) is 4.07. The molecule has 0 radical (unpaired) electrons. The molecule has 0 bridgehead atoms. The maximum atomic E-state index is 9.63. The van der Waals surface area contributed by atoms with Gasteiger partial charge in [0.2, 0.25) is 0 Å². The Morgan fingerprint density at radius 2 is 1.92 bits per heavy atom. The minimum absolute atomic E-state index is 0.133. The van der Waals surface area contributed by atoms with Gasteiger partial charge in [-0.05, 0) is 5.92 Å². The van der Waals surface area contributed by atoms with Crippen LogP contribution in [0, 0.1) is 5.92 Å². The van der Waals surface area contributed by atoms with Crippen LogP contribution in [0.5, 0.6) is 0 Å². The number of piperazine rings is 1. The molecular formula is C9H20N3O+. The highest BCUT2D eigenvalue weighted by Gasteiger charge is 2.26. The molecule has 0 atom stereocenters. The van der Waals surface area contributed by atoms with Crippen molar-refractivity contribution in [2.45, 2.75) is 13.8 Å². The second-order valence-corrected chi connectivity index (χ2v) is 4.25. The van der Waals surface area contributed by atoms with Gasteiger partial charge in [0.1, 0.15) is 13.1 Å². The molecule has 1 N–H and O–H groups in total. The Morgan fingerprint density at radius 1 is 1.38 bits per heavy atom. The Bertz CT molecular complexity index is 179. The zero-order valence-corrected chi connectivity index (χ0v) is 8.77. The van der Waals surface area contributed by atoms with Crippen LogP contribution in [0.3, 0.4) is 0 Å². The van der Waals surface area contributed by atoms with E-state index < -0.39 is 0 Å². The SMILES string of the molecule is CC(C)/C=N/N1CC[N+](C)(O)CC1. The first-order valence-electron chi connectivity index (χ1n) is 4.86. The first kappa shape index (κ1) is 10.5. The number of hydrogen-bond acceptors (Lipinski definition) is 3. The summed E-state index contributed by atoms with van der Waals surface area (Å²) < 4.78 is 0.133. The summed E-state index contributed by atoms with van der Waals surface area (Å²) in [5.74, 6) is 0.497. The van der Waals surface area contributed by atoms with E-state index in [1.807, 2.05) is 18.3 Å². The van der Waals surface area contributed by atoms with Gasteiger partial charge in [0.15, 0.2) is 0 Å². The van der Waals surface area contributed by atoms with Gasteiger partial charge in [-0.2, -0.15) is 9.75 Å². The summed E-state index contributed by atoms with van der Waals surface area (Å²) in [5, 5.41) is 16.0. The third-order valence-corrected chi connectivity index (χ3v) is 2.21. The van der Waals surface area contributed by atoms with Crippen LogP contribution in [0.2, 0.25) is 0 Å². The molecular weight excluding hydrogens is 166 g/mol. The fourth-order valence-corrected chi connectivity index (χ4v) is 1.23. The van der Waals surface area contributed by atoms with Gasteiger partial charge in [-0.3, -0.25) is 5.01 Å². The Hall–Kier alpha value is -0.610. The minimum atomic E-state index is 0.133. The number of rotatable bonds is 2. The summed E-state index contributed by atoms with van der Waals surface area (Å²) in [6.45, 7) is 7.43. The Morgan fingerprint density at radius 3 is 2.38 bits per heavy atom. The molecule has 0 aromatic heterocycles. The van der Waals surface area contributed by atoms with Crippen molar-refractivity contribution in [3.63, 3.8) is 0 Å². The molecule has 4 heteroatoms. The number of hydroxylamine groups is 3. The number of likely N-dealkylation sites (N-methyl/N-ethyl adjacent to an activating group) is 1. The number of hydrogen-bond donors (Lipinski definition) is 1. The van der Waals surface area contributed by atoms with Crippen molar-refractivity contribution >= 4 is 6.21 Å². The first-order chi connectivity index (χ1) is 5.99. The fourth-order valence-electron chi connectivity index (χ4n) is 1.23. The number of nitrogens with zero attached hydrogens (tertiary/aromatic N) is 3. The summed E-state index contributed by atoms with van der Waals surface area (Å²) in [6, 6.07) is 0. The summed E-state index contributed by atoms with van der Waals surface area (Å²) in [7, 11) is 1.84. The lowest BCUT2D eigenvalue weighted by atomic mass is 10.3. The predicted molar refractivity (Wildman–Crippen MR) is 52.6 cm³/mol. The lowest BCUT2D eigenvalue weighted by molar-refractivity contribution is -1.09. The van der Waals surface area contributed by atoms with Crippen LogP contribution in [-0.2, 0) is 0 Å². The average molecular weight is 186 g/mol. The van der Waals surface area contributed by atoms with E-state index in [2.05, 4.69) is 18.9 Å². The van der Waals surface area contributed by atoms with Gasteiger partial charge in [-0.1, -0.05) is 13.8 Å². The Kier molecular flexibility index (Phi) is 3.27. The van der Waals surface area contributed by atoms with E-state index in [-0.39, 0.29) is 4.65 Å². The van der Waals surface area contributed by atoms with E-state index in [1.54, 1.807) is 0 Å². The summed E-state index contributed by atoms with van der Waals surface area (Å²) in [5.41, 5.74) is 0. The minimum Gasteiger partial charge on any atom is -0.286 e. The monoisotopic (exact) mass is 186 g/mol. The van der Waals surface area contributed by atoms with Crippen LogP contribution >= 0.6 is 0 Å². The van der Waals surface area contributed by atoms with Crippen LogP contribution in [0.15, 0.2) is 5.10 Å². The largest absolute Gasteiger partial charge is 0.286 e. The number of quaternary nitrogens is 1. The van der Waals surface area contributed by atoms with Gasteiger partial charge in [0.25, 0.3) is 0 Å². The summed E-state index contributed by atoms with van der Waals surface area (Å²) in [4.78, 5) is 0. The molecule has 0 aromatic carbocycles. The van der Waals surface area contributed by atoms with E-state index in [4.69, 9.17) is 0 Å². The number of hydrazone groups is 1. The molecule has 0 aliphatic carbocycles. The maximum absolute atomic E-state index is 9.63. The van der Waals surface area contributed by atoms with E-state index >= 15 is 0 Å². The third kappa shape index (κ3) is 3.74. The third-order valence-electron chi connectivity index (χ3n) is 2.21. The van der Waals surface area contributed by atoms with Crippen molar-refractivity contribution in [2.75, 3.05) is 33.2 Å². The molecule has 0 unspecified atom stereocenters. The van der Waals surface area contributed by atoms with E-state index in [0.717, 1.165) is 26.2 Å². The highest BCUT2D eigenvalue weighted by Crippen LogP contribution is 2.06. The van der Waals surface area contributed by atoms with Crippen LogP contribution in [0.4, 0.5) is 0 Å². The topological polar surface area (TPSA) is 35.8 Å². The molecule has 76 valence electrons. The predicted octanol–water partition coefficient (Wildman–Crippen LogP) is 0.780. The highest BCUT2D eigenvalue weighted by molar-refractivity contribution is 5.59. The zero-order valence-electron chi connectivity index (χ0n) is 8.77. The average Bonchev–Trinajstić information content (AvgIpc) is 2.02. The van der Waals surface area contributed by atoms with E-state index in [9.17, 15) is 5.21 Å². The van der Waals surface area contributed by atoms with Crippen molar-refractivity contribution in [1.82, 2.24) is 5.01 Å². The molecule has 0 aromatic rings. The van der Waals surface area contributed by atoms with E-state index in [0.29, 0.717) is 5.92 Å². The van der Waals surface area contributed by atoms with Gasteiger partial charge < -0.3 is 0 Å². The molecule has 1 aliphatic rings. The lowest BCUT2D eigenvalue weighted by Gasteiger charge is -2.34. The Labute approximate surface area is 80.0 Å². The van der Waals surface area contributed by atoms with Gasteiger partial charge in [0.05, 0.1) is 20.1 Å². The summed E-state index contributed by atoms with van der Waals surface area (Å²) in [6.07, 6.45) is 1.95. The molecule has 4 nitrogen and oxygen atoms in total. The van der Waals surface area contributed by atoms with Crippen LogP contribution in [-0.4, -0.2) is 54.3 Å². The Balaban J connectivity index is 2.33. The molecule has 13 heavy (non-hydrogen) atoms. The molecule has 1 heterocycles. The van der Waals surface area contributed by atoms with Crippen LogP contribution < -0.4 is 0 Å². The van der Waals surface area contributed by atoms with Crippen molar-refractivity contribution in [1.29, 1.82) is 0 Å². The van der Waals surface area contributed by atoms with Gasteiger partial charge in [-0.15, -0.1) is 0 Å².